The summed E-state index contributed by atoms with van der Waals surface area (Å²) in [5.41, 5.74) is 3.70. The number of rotatable bonds is 8. The third-order valence-electron chi connectivity index (χ3n) is 4.55. The number of benzene rings is 1. The number of nitrogens with one attached hydrogen (secondary N) is 2. The molecule has 0 amide bonds. The number of hydrogen-bond acceptors (Lipinski definition) is 4. The highest BCUT2D eigenvalue weighted by Crippen LogP contribution is 2.30. The Morgan fingerprint density at radius 1 is 1.43 bits per heavy atom. The zero-order chi connectivity index (χ0) is 19.2. The molecule has 1 saturated carbocycles. The van der Waals surface area contributed by atoms with E-state index in [1.165, 1.54) is 18.9 Å². The molecule has 1 fully saturated rings. The van der Waals surface area contributed by atoms with Gasteiger partial charge in [0.25, 0.3) is 0 Å². The first-order chi connectivity index (χ1) is 13.1. The fourth-order valence-electron chi connectivity index (χ4n) is 2.63. The summed E-state index contributed by atoms with van der Waals surface area (Å²) < 4.78 is 19.9. The van der Waals surface area contributed by atoms with Gasteiger partial charge in [0.2, 0.25) is 0 Å². The number of thiazole rings is 1. The van der Waals surface area contributed by atoms with E-state index in [9.17, 15) is 4.39 Å². The molecule has 2 aromatic rings. The Bertz CT molecular complexity index is 794. The molecule has 8 heteroatoms. The Morgan fingerprint density at radius 2 is 2.21 bits per heavy atom. The zero-order valence-electron chi connectivity index (χ0n) is 16.5. The predicted molar refractivity (Wildman–Crippen MR) is 123 cm³/mol. The molecule has 2 N–H and O–H groups in total. The van der Waals surface area contributed by atoms with Gasteiger partial charge in [-0.25, -0.2) is 14.4 Å². The maximum Gasteiger partial charge on any atom is 0.192 e. The van der Waals surface area contributed by atoms with Crippen molar-refractivity contribution in [1.29, 1.82) is 0 Å². The van der Waals surface area contributed by atoms with Crippen molar-refractivity contribution in [2.24, 2.45) is 10.9 Å². The number of aliphatic imine (C=N–C) groups is 1. The SMILES string of the molecule is CCNC(=NCc1scnc1C)NC(C)c1ccc(OCC2CC2)c(F)c1.I. The number of nitrogens with zero attached hydrogens (tertiary/aromatic N) is 2. The second-order valence-corrected chi connectivity index (χ2v) is 7.81. The Kier molecular flexibility index (Phi) is 8.94. The van der Waals surface area contributed by atoms with Crippen LogP contribution in [0.5, 0.6) is 5.75 Å². The summed E-state index contributed by atoms with van der Waals surface area (Å²) in [6.45, 7) is 7.93. The molecule has 0 bridgehead atoms. The number of guanidine groups is 1. The first-order valence-electron chi connectivity index (χ1n) is 9.42. The third-order valence-corrected chi connectivity index (χ3v) is 5.47. The average Bonchev–Trinajstić information content (AvgIpc) is 3.39. The summed E-state index contributed by atoms with van der Waals surface area (Å²) in [5.74, 6) is 1.32. The van der Waals surface area contributed by atoms with Crippen LogP contribution in [0.4, 0.5) is 4.39 Å². The first-order valence-corrected chi connectivity index (χ1v) is 10.3. The first kappa shape index (κ1) is 22.9. The molecule has 154 valence electrons. The Labute approximate surface area is 187 Å². The van der Waals surface area contributed by atoms with Crippen molar-refractivity contribution in [3.8, 4) is 5.75 Å². The van der Waals surface area contributed by atoms with Crippen LogP contribution in [-0.2, 0) is 6.54 Å². The van der Waals surface area contributed by atoms with E-state index in [-0.39, 0.29) is 35.8 Å². The molecule has 3 rings (SSSR count). The van der Waals surface area contributed by atoms with Gasteiger partial charge in [-0.3, -0.25) is 0 Å². The average molecular weight is 518 g/mol. The van der Waals surface area contributed by atoms with Crippen LogP contribution in [0.25, 0.3) is 0 Å². The lowest BCUT2D eigenvalue weighted by molar-refractivity contribution is 0.285. The van der Waals surface area contributed by atoms with Gasteiger partial charge in [-0.1, -0.05) is 6.07 Å². The molecule has 0 aliphatic heterocycles. The predicted octanol–water partition coefficient (Wildman–Crippen LogP) is 4.81. The topological polar surface area (TPSA) is 58.5 Å². The molecule has 28 heavy (non-hydrogen) atoms. The highest BCUT2D eigenvalue weighted by molar-refractivity contribution is 14.0. The van der Waals surface area contributed by atoms with Crippen molar-refractivity contribution >= 4 is 41.3 Å². The van der Waals surface area contributed by atoms with Crippen molar-refractivity contribution in [3.05, 3.63) is 45.7 Å². The van der Waals surface area contributed by atoms with E-state index in [0.29, 0.717) is 30.8 Å². The molecule has 0 radical (unpaired) electrons. The summed E-state index contributed by atoms with van der Waals surface area (Å²) in [5, 5.41) is 6.57. The van der Waals surface area contributed by atoms with Crippen molar-refractivity contribution < 1.29 is 9.13 Å². The van der Waals surface area contributed by atoms with Crippen molar-refractivity contribution in [2.75, 3.05) is 13.2 Å². The lowest BCUT2D eigenvalue weighted by atomic mass is 10.1. The minimum Gasteiger partial charge on any atom is -0.490 e. The lowest BCUT2D eigenvalue weighted by Crippen LogP contribution is -2.38. The van der Waals surface area contributed by atoms with Gasteiger partial charge in [0.05, 0.1) is 30.4 Å². The van der Waals surface area contributed by atoms with E-state index in [1.807, 2.05) is 32.3 Å². The molecule has 1 unspecified atom stereocenters. The molecule has 1 atom stereocenters. The van der Waals surface area contributed by atoms with Gasteiger partial charge in [0, 0.05) is 11.4 Å². The summed E-state index contributed by atoms with van der Waals surface area (Å²) in [6, 6.07) is 5.07. The highest BCUT2D eigenvalue weighted by Gasteiger charge is 2.22. The minimum absolute atomic E-state index is 0. The van der Waals surface area contributed by atoms with E-state index >= 15 is 0 Å². The number of aromatic nitrogens is 1. The van der Waals surface area contributed by atoms with E-state index < -0.39 is 0 Å². The molecule has 1 aliphatic carbocycles. The van der Waals surface area contributed by atoms with Gasteiger partial charge in [-0.05, 0) is 57.2 Å². The monoisotopic (exact) mass is 518 g/mol. The maximum atomic E-state index is 14.3. The minimum atomic E-state index is -0.316. The zero-order valence-corrected chi connectivity index (χ0v) is 19.6. The lowest BCUT2D eigenvalue weighted by Gasteiger charge is -2.19. The third kappa shape index (κ3) is 6.58. The summed E-state index contributed by atoms with van der Waals surface area (Å²) in [6.07, 6.45) is 2.38. The second-order valence-electron chi connectivity index (χ2n) is 6.87. The standard InChI is InChI=1S/C20H27FN4OS.HI/c1-4-22-20(23-10-19-14(3)24-12-27-19)25-13(2)16-7-8-18(17(21)9-16)26-11-15-5-6-15;/h7-9,12-13,15H,4-6,10-11H2,1-3H3,(H2,22,23,25);1H. The largest absolute Gasteiger partial charge is 0.490 e. The van der Waals surface area contributed by atoms with Crippen LogP contribution in [0.2, 0.25) is 0 Å². The Balaban J connectivity index is 0.00000280. The van der Waals surface area contributed by atoms with Crippen LogP contribution in [0.1, 0.15) is 48.9 Å². The number of ether oxygens (including phenoxy) is 1. The fourth-order valence-corrected chi connectivity index (χ4v) is 3.33. The number of halogens is 2. The molecule has 0 saturated heterocycles. The molecule has 1 heterocycles. The van der Waals surface area contributed by atoms with Crippen LogP contribution in [-0.4, -0.2) is 24.1 Å². The van der Waals surface area contributed by atoms with Crippen LogP contribution >= 0.6 is 35.3 Å². The molecule has 5 nitrogen and oxygen atoms in total. The maximum absolute atomic E-state index is 14.3. The number of aryl methyl sites for hydroxylation is 1. The molecule has 1 aromatic carbocycles. The Morgan fingerprint density at radius 3 is 2.82 bits per heavy atom. The molecular formula is C20H28FIN4OS. The smallest absolute Gasteiger partial charge is 0.192 e. The van der Waals surface area contributed by atoms with Gasteiger partial charge in [0.15, 0.2) is 17.5 Å². The van der Waals surface area contributed by atoms with E-state index in [0.717, 1.165) is 22.7 Å². The van der Waals surface area contributed by atoms with Gasteiger partial charge in [-0.15, -0.1) is 35.3 Å². The van der Waals surface area contributed by atoms with E-state index in [4.69, 9.17) is 4.74 Å². The fraction of sp³-hybridized carbons (Fsp3) is 0.500. The summed E-state index contributed by atoms with van der Waals surface area (Å²) in [7, 11) is 0. The quantitative estimate of drug-likeness (QED) is 0.299. The van der Waals surface area contributed by atoms with E-state index in [2.05, 4.69) is 20.6 Å². The van der Waals surface area contributed by atoms with Gasteiger partial charge in [0.1, 0.15) is 0 Å². The number of hydrogen-bond donors (Lipinski definition) is 2. The highest BCUT2D eigenvalue weighted by atomic mass is 127. The van der Waals surface area contributed by atoms with Gasteiger partial charge >= 0.3 is 0 Å². The van der Waals surface area contributed by atoms with E-state index in [1.54, 1.807) is 17.4 Å². The normalized spacial score (nSPS) is 14.9. The van der Waals surface area contributed by atoms with Crippen molar-refractivity contribution in [3.63, 3.8) is 0 Å². The van der Waals surface area contributed by atoms with Crippen LogP contribution in [0, 0.1) is 18.7 Å². The van der Waals surface area contributed by atoms with Crippen LogP contribution in [0.3, 0.4) is 0 Å². The van der Waals surface area contributed by atoms with Crippen molar-refractivity contribution in [2.45, 2.75) is 46.2 Å². The summed E-state index contributed by atoms with van der Waals surface area (Å²) in [4.78, 5) is 10.0. The molecule has 0 spiro atoms. The molecule has 1 aromatic heterocycles. The molecular weight excluding hydrogens is 490 g/mol. The van der Waals surface area contributed by atoms with Crippen LogP contribution in [0.15, 0.2) is 28.7 Å². The summed E-state index contributed by atoms with van der Waals surface area (Å²) >= 11 is 1.60. The van der Waals surface area contributed by atoms with Crippen LogP contribution < -0.4 is 15.4 Å². The second kappa shape index (κ2) is 10.9. The Hall–Kier alpha value is -1.42. The van der Waals surface area contributed by atoms with Gasteiger partial charge < -0.3 is 15.4 Å². The van der Waals surface area contributed by atoms with Gasteiger partial charge in [-0.2, -0.15) is 0 Å². The molecule has 1 aliphatic rings. The van der Waals surface area contributed by atoms with Crippen molar-refractivity contribution in [1.82, 2.24) is 15.6 Å².